The summed E-state index contributed by atoms with van der Waals surface area (Å²) in [4.78, 5) is 4.46. The average molecular weight is 413 g/mol. The maximum absolute atomic E-state index is 5.74. The molecule has 0 atom stereocenters. The molecular weight excluding hydrogens is 381 g/mol. The molecule has 0 radical (unpaired) electrons. The molecule has 6 heteroatoms. The fraction of sp³-hybridized carbons (Fsp3) is 0.933. The van der Waals surface area contributed by atoms with E-state index in [1.54, 1.807) is 0 Å². The van der Waals surface area contributed by atoms with Crippen molar-refractivity contribution in [3.05, 3.63) is 0 Å². The van der Waals surface area contributed by atoms with Crippen molar-refractivity contribution in [2.24, 2.45) is 10.9 Å². The van der Waals surface area contributed by atoms with Gasteiger partial charge in [0.05, 0.1) is 0 Å². The third-order valence-electron chi connectivity index (χ3n) is 3.29. The molecule has 5 nitrogen and oxygen atoms in total. The van der Waals surface area contributed by atoms with Crippen LogP contribution in [0.15, 0.2) is 4.99 Å². The minimum atomic E-state index is 0. The van der Waals surface area contributed by atoms with Gasteiger partial charge in [-0.1, -0.05) is 6.92 Å². The summed E-state index contributed by atoms with van der Waals surface area (Å²) in [6.07, 6.45) is 4.38. The Morgan fingerprint density at radius 2 is 2.00 bits per heavy atom. The summed E-state index contributed by atoms with van der Waals surface area (Å²) in [6.45, 7) is 10.4. The Balaban J connectivity index is 0.00000400. The lowest BCUT2D eigenvalue weighted by Crippen LogP contribution is -2.38. The quantitative estimate of drug-likeness (QED) is 0.264. The molecule has 126 valence electrons. The smallest absolute Gasteiger partial charge is 0.191 e. The largest absolute Gasteiger partial charge is 0.381 e. The number of nitrogens with zero attached hydrogens (tertiary/aromatic N) is 1. The van der Waals surface area contributed by atoms with E-state index in [0.29, 0.717) is 5.92 Å². The number of hydrogen-bond acceptors (Lipinski definition) is 3. The Kier molecular flexibility index (Phi) is 14.8. The second-order valence-corrected chi connectivity index (χ2v) is 5.17. The molecule has 1 heterocycles. The van der Waals surface area contributed by atoms with Gasteiger partial charge in [0.15, 0.2) is 5.96 Å². The van der Waals surface area contributed by atoms with Gasteiger partial charge in [0.1, 0.15) is 0 Å². The standard InChI is InChI=1S/C15H31N3O2.HI/c1-3-8-17-15(16-4-2)18-9-5-10-20-13-14-6-11-19-12-7-14;/h14H,3-13H2,1-2H3,(H2,16,17,18);1H. The van der Waals surface area contributed by atoms with Crippen LogP contribution in [-0.4, -0.2) is 52.0 Å². The second-order valence-electron chi connectivity index (χ2n) is 5.17. The van der Waals surface area contributed by atoms with Gasteiger partial charge in [-0.3, -0.25) is 4.99 Å². The number of hydrogen-bond donors (Lipinski definition) is 2. The summed E-state index contributed by atoms with van der Waals surface area (Å²) in [7, 11) is 0. The van der Waals surface area contributed by atoms with Crippen molar-refractivity contribution in [2.45, 2.75) is 39.5 Å². The lowest BCUT2D eigenvalue weighted by atomic mass is 10.0. The topological polar surface area (TPSA) is 54.9 Å². The molecule has 0 aliphatic carbocycles. The normalized spacial score (nSPS) is 16.4. The Morgan fingerprint density at radius 3 is 2.67 bits per heavy atom. The summed E-state index contributed by atoms with van der Waals surface area (Å²) in [5, 5.41) is 6.58. The van der Waals surface area contributed by atoms with E-state index in [2.05, 4.69) is 29.5 Å². The molecule has 1 saturated heterocycles. The lowest BCUT2D eigenvalue weighted by molar-refractivity contribution is 0.0203. The number of rotatable bonds is 9. The van der Waals surface area contributed by atoms with E-state index in [9.17, 15) is 0 Å². The molecule has 0 aromatic carbocycles. The molecule has 21 heavy (non-hydrogen) atoms. The zero-order valence-electron chi connectivity index (χ0n) is 13.5. The lowest BCUT2D eigenvalue weighted by Gasteiger charge is -2.21. The number of halogens is 1. The summed E-state index contributed by atoms with van der Waals surface area (Å²) in [5.74, 6) is 1.61. The highest BCUT2D eigenvalue weighted by Gasteiger charge is 2.13. The van der Waals surface area contributed by atoms with Gasteiger partial charge in [-0.2, -0.15) is 0 Å². The van der Waals surface area contributed by atoms with E-state index < -0.39 is 0 Å². The van der Waals surface area contributed by atoms with Crippen LogP contribution in [0.4, 0.5) is 0 Å². The van der Waals surface area contributed by atoms with Gasteiger partial charge in [0.2, 0.25) is 0 Å². The molecule has 1 aliphatic heterocycles. The fourth-order valence-electron chi connectivity index (χ4n) is 2.11. The van der Waals surface area contributed by atoms with Gasteiger partial charge in [-0.05, 0) is 38.5 Å². The molecular formula is C15H32IN3O2. The van der Waals surface area contributed by atoms with Gasteiger partial charge in [-0.15, -0.1) is 24.0 Å². The Bertz CT molecular complexity index is 259. The monoisotopic (exact) mass is 413 g/mol. The summed E-state index contributed by atoms with van der Waals surface area (Å²) in [5.41, 5.74) is 0. The van der Waals surface area contributed by atoms with Crippen LogP contribution < -0.4 is 10.6 Å². The van der Waals surface area contributed by atoms with Crippen LogP contribution in [0, 0.1) is 5.92 Å². The summed E-state index contributed by atoms with van der Waals surface area (Å²) < 4.78 is 11.1. The number of guanidine groups is 1. The molecule has 0 aromatic heterocycles. The van der Waals surface area contributed by atoms with Crippen molar-refractivity contribution in [2.75, 3.05) is 46.1 Å². The summed E-state index contributed by atoms with van der Waals surface area (Å²) >= 11 is 0. The van der Waals surface area contributed by atoms with E-state index >= 15 is 0 Å². The zero-order valence-corrected chi connectivity index (χ0v) is 15.9. The SMILES string of the molecule is CCCN=C(NCC)NCCCOCC1CCOCC1.I. The van der Waals surface area contributed by atoms with Gasteiger partial charge in [0.25, 0.3) is 0 Å². The van der Waals surface area contributed by atoms with E-state index in [-0.39, 0.29) is 24.0 Å². The third-order valence-corrected chi connectivity index (χ3v) is 3.29. The van der Waals surface area contributed by atoms with Crippen molar-refractivity contribution in [3.63, 3.8) is 0 Å². The molecule has 1 aliphatic rings. The Labute approximate surface area is 146 Å². The molecule has 1 fully saturated rings. The van der Waals surface area contributed by atoms with E-state index in [4.69, 9.17) is 9.47 Å². The van der Waals surface area contributed by atoms with Crippen molar-refractivity contribution < 1.29 is 9.47 Å². The van der Waals surface area contributed by atoms with Crippen molar-refractivity contribution in [3.8, 4) is 0 Å². The maximum atomic E-state index is 5.74. The molecule has 0 unspecified atom stereocenters. The first kappa shape index (κ1) is 20.9. The molecule has 0 amide bonds. The maximum Gasteiger partial charge on any atom is 0.191 e. The van der Waals surface area contributed by atoms with Gasteiger partial charge in [-0.25, -0.2) is 0 Å². The first-order valence-corrected chi connectivity index (χ1v) is 8.04. The van der Waals surface area contributed by atoms with E-state index in [0.717, 1.165) is 77.7 Å². The average Bonchev–Trinajstić information content (AvgIpc) is 2.49. The fourth-order valence-corrected chi connectivity index (χ4v) is 2.11. The van der Waals surface area contributed by atoms with Gasteiger partial charge in [0, 0.05) is 46.1 Å². The summed E-state index contributed by atoms with van der Waals surface area (Å²) in [6, 6.07) is 0. The molecule has 0 saturated carbocycles. The van der Waals surface area contributed by atoms with Crippen LogP contribution in [-0.2, 0) is 9.47 Å². The van der Waals surface area contributed by atoms with E-state index in [1.807, 2.05) is 0 Å². The highest BCUT2D eigenvalue weighted by atomic mass is 127. The Hall–Kier alpha value is -0.0800. The number of nitrogens with one attached hydrogen (secondary N) is 2. The molecule has 1 rings (SSSR count). The van der Waals surface area contributed by atoms with Crippen LogP contribution in [0.1, 0.15) is 39.5 Å². The van der Waals surface area contributed by atoms with Crippen LogP contribution in [0.5, 0.6) is 0 Å². The zero-order chi connectivity index (χ0) is 14.5. The van der Waals surface area contributed by atoms with Gasteiger partial charge < -0.3 is 20.1 Å². The van der Waals surface area contributed by atoms with Gasteiger partial charge >= 0.3 is 0 Å². The van der Waals surface area contributed by atoms with Crippen LogP contribution in [0.25, 0.3) is 0 Å². The van der Waals surface area contributed by atoms with Crippen LogP contribution >= 0.6 is 24.0 Å². The van der Waals surface area contributed by atoms with Crippen LogP contribution in [0.3, 0.4) is 0 Å². The minimum Gasteiger partial charge on any atom is -0.381 e. The third kappa shape index (κ3) is 11.2. The first-order chi connectivity index (χ1) is 9.86. The van der Waals surface area contributed by atoms with Crippen molar-refractivity contribution in [1.29, 1.82) is 0 Å². The highest BCUT2D eigenvalue weighted by molar-refractivity contribution is 14.0. The molecule has 0 spiro atoms. The van der Waals surface area contributed by atoms with Crippen LogP contribution in [0.2, 0.25) is 0 Å². The predicted molar refractivity (Wildman–Crippen MR) is 98.7 cm³/mol. The first-order valence-electron chi connectivity index (χ1n) is 8.04. The minimum absolute atomic E-state index is 0. The molecule has 0 aromatic rings. The van der Waals surface area contributed by atoms with E-state index in [1.165, 1.54) is 0 Å². The second kappa shape index (κ2) is 14.8. The van der Waals surface area contributed by atoms with Crippen molar-refractivity contribution >= 4 is 29.9 Å². The predicted octanol–water partition coefficient (Wildman–Crippen LogP) is 2.40. The number of aliphatic imine (C=N–C) groups is 1. The molecule has 0 bridgehead atoms. The number of ether oxygens (including phenoxy) is 2. The highest BCUT2D eigenvalue weighted by Crippen LogP contribution is 2.14. The Morgan fingerprint density at radius 1 is 1.24 bits per heavy atom. The van der Waals surface area contributed by atoms with Crippen molar-refractivity contribution in [1.82, 2.24) is 10.6 Å². The molecule has 2 N–H and O–H groups in total.